The summed E-state index contributed by atoms with van der Waals surface area (Å²) in [4.78, 5) is 3.50. The van der Waals surface area contributed by atoms with Gasteiger partial charge in [0.1, 0.15) is 11.6 Å². The van der Waals surface area contributed by atoms with Gasteiger partial charge in [0.05, 0.1) is 6.54 Å². The molecular weight excluding hydrogens is 440 g/mol. The normalized spacial score (nSPS) is 14.1. The van der Waals surface area contributed by atoms with Gasteiger partial charge in [0.2, 0.25) is 5.82 Å². The highest BCUT2D eigenvalue weighted by Gasteiger charge is 2.38. The summed E-state index contributed by atoms with van der Waals surface area (Å²) in [6, 6.07) is 0.472. The molecule has 3 aromatic rings. The molecular formula is C16H14ClF6N7. The summed E-state index contributed by atoms with van der Waals surface area (Å²) in [5.74, 6) is -4.27. The summed E-state index contributed by atoms with van der Waals surface area (Å²) in [7, 11) is 0. The molecule has 162 valence electrons. The molecule has 1 aliphatic rings. The zero-order chi connectivity index (χ0) is 20.9. The summed E-state index contributed by atoms with van der Waals surface area (Å²) in [5, 5.41) is 11.3. The molecule has 1 aromatic carbocycles. The van der Waals surface area contributed by atoms with E-state index < -0.39 is 35.5 Å². The van der Waals surface area contributed by atoms with Gasteiger partial charge < -0.3 is 10.3 Å². The summed E-state index contributed by atoms with van der Waals surface area (Å²) < 4.78 is 81.4. The molecule has 0 aliphatic carbocycles. The molecule has 0 saturated heterocycles. The van der Waals surface area contributed by atoms with E-state index in [1.807, 2.05) is 0 Å². The Balaban J connectivity index is 0.00000256. The minimum Gasteiger partial charge on any atom is -0.327 e. The van der Waals surface area contributed by atoms with Crippen molar-refractivity contribution in [3.8, 4) is 11.6 Å². The van der Waals surface area contributed by atoms with E-state index in [2.05, 4.69) is 20.3 Å². The van der Waals surface area contributed by atoms with Crippen molar-refractivity contribution in [3.63, 3.8) is 0 Å². The van der Waals surface area contributed by atoms with Crippen molar-refractivity contribution in [1.29, 1.82) is 0 Å². The van der Waals surface area contributed by atoms with Crippen molar-refractivity contribution in [1.82, 2.24) is 29.5 Å². The quantitative estimate of drug-likeness (QED) is 0.484. The topological polar surface area (TPSA) is 87.4 Å². The van der Waals surface area contributed by atoms with Crippen LogP contribution in [0, 0.1) is 17.5 Å². The first-order valence-electron chi connectivity index (χ1n) is 8.47. The van der Waals surface area contributed by atoms with Crippen molar-refractivity contribution in [2.45, 2.75) is 38.1 Å². The lowest BCUT2D eigenvalue weighted by Gasteiger charge is -2.17. The standard InChI is InChI=1S/C16H13F6N7.ClH/c17-9-6-11(19)10(18)4-7(9)3-8(23)5-12-25-26-14-13-24-15(16(20,21)22)27-29(13)2-1-28(12)14;/h4,6,8H,1-3,5,23H2;1H/t8-;/m1./s1. The highest BCUT2D eigenvalue weighted by molar-refractivity contribution is 5.85. The second-order valence-electron chi connectivity index (χ2n) is 6.60. The summed E-state index contributed by atoms with van der Waals surface area (Å²) in [6.07, 6.45) is -4.69. The number of rotatable bonds is 4. The Kier molecular flexibility index (Phi) is 5.78. The van der Waals surface area contributed by atoms with E-state index in [0.29, 0.717) is 11.9 Å². The molecule has 0 spiro atoms. The average molecular weight is 454 g/mol. The fourth-order valence-electron chi connectivity index (χ4n) is 3.17. The second kappa shape index (κ2) is 7.87. The SMILES string of the molecule is Cl.N[C@H](Cc1cc(F)c(F)cc1F)Cc1nnc2n1CCn1nc(C(F)(F)F)nc1-2. The average Bonchev–Trinajstić information content (AvgIpc) is 3.23. The molecule has 1 atom stereocenters. The Hall–Kier alpha value is -2.67. The van der Waals surface area contributed by atoms with Crippen LogP contribution < -0.4 is 5.73 Å². The maximum atomic E-state index is 13.8. The van der Waals surface area contributed by atoms with Gasteiger partial charge in [0.15, 0.2) is 17.5 Å². The summed E-state index contributed by atoms with van der Waals surface area (Å²) in [5.41, 5.74) is 5.90. The van der Waals surface area contributed by atoms with Crippen molar-refractivity contribution in [2.24, 2.45) is 5.73 Å². The minimum absolute atomic E-state index is 0. The van der Waals surface area contributed by atoms with Crippen LogP contribution in [0.2, 0.25) is 0 Å². The number of nitrogens with two attached hydrogens (primary N) is 1. The Labute approximate surface area is 171 Å². The second-order valence-corrected chi connectivity index (χ2v) is 6.60. The predicted octanol–water partition coefficient (Wildman–Crippen LogP) is 2.52. The summed E-state index contributed by atoms with van der Waals surface area (Å²) in [6.45, 7) is 0.376. The summed E-state index contributed by atoms with van der Waals surface area (Å²) >= 11 is 0. The monoisotopic (exact) mass is 453 g/mol. The molecule has 0 saturated carbocycles. The number of alkyl halides is 3. The molecule has 30 heavy (non-hydrogen) atoms. The Morgan fingerprint density at radius 1 is 0.967 bits per heavy atom. The lowest BCUT2D eigenvalue weighted by atomic mass is 10.0. The van der Waals surface area contributed by atoms with Crippen molar-refractivity contribution in [3.05, 3.63) is 46.8 Å². The van der Waals surface area contributed by atoms with E-state index in [4.69, 9.17) is 5.73 Å². The maximum Gasteiger partial charge on any atom is 0.453 e. The Bertz CT molecular complexity index is 1080. The highest BCUT2D eigenvalue weighted by Crippen LogP contribution is 2.30. The number of hydrogen-bond donors (Lipinski definition) is 1. The van der Waals surface area contributed by atoms with Crippen LogP contribution in [0.25, 0.3) is 11.6 Å². The van der Waals surface area contributed by atoms with E-state index in [-0.39, 0.29) is 55.6 Å². The lowest BCUT2D eigenvalue weighted by Crippen LogP contribution is -2.29. The number of nitrogens with zero attached hydrogens (tertiary/aromatic N) is 6. The smallest absolute Gasteiger partial charge is 0.327 e. The van der Waals surface area contributed by atoms with E-state index in [9.17, 15) is 26.3 Å². The largest absolute Gasteiger partial charge is 0.453 e. The number of aryl methyl sites for hydroxylation is 1. The van der Waals surface area contributed by atoms with Crippen LogP contribution in [0.5, 0.6) is 0 Å². The first-order valence-corrected chi connectivity index (χ1v) is 8.47. The van der Waals surface area contributed by atoms with Crippen LogP contribution >= 0.6 is 12.4 Å². The molecule has 3 heterocycles. The maximum absolute atomic E-state index is 13.8. The van der Waals surface area contributed by atoms with Gasteiger partial charge in [-0.1, -0.05) is 0 Å². The lowest BCUT2D eigenvalue weighted by molar-refractivity contribution is -0.145. The predicted molar refractivity (Wildman–Crippen MR) is 93.0 cm³/mol. The van der Waals surface area contributed by atoms with Crippen molar-refractivity contribution < 1.29 is 26.3 Å². The molecule has 0 radical (unpaired) electrons. The van der Waals surface area contributed by atoms with Gasteiger partial charge in [-0.05, 0) is 18.1 Å². The van der Waals surface area contributed by atoms with Crippen LogP contribution in [0.4, 0.5) is 26.3 Å². The number of aromatic nitrogens is 6. The fraction of sp³-hybridized carbons (Fsp3) is 0.375. The van der Waals surface area contributed by atoms with E-state index in [0.717, 1.165) is 10.7 Å². The van der Waals surface area contributed by atoms with E-state index >= 15 is 0 Å². The molecule has 0 amide bonds. The molecule has 1 aliphatic heterocycles. The van der Waals surface area contributed by atoms with Crippen LogP contribution in [0.3, 0.4) is 0 Å². The third kappa shape index (κ3) is 3.99. The van der Waals surface area contributed by atoms with Crippen LogP contribution in [-0.2, 0) is 32.1 Å². The van der Waals surface area contributed by atoms with Gasteiger partial charge in [-0.3, -0.25) is 0 Å². The zero-order valence-corrected chi connectivity index (χ0v) is 15.8. The van der Waals surface area contributed by atoms with Gasteiger partial charge in [0.25, 0.3) is 5.82 Å². The van der Waals surface area contributed by atoms with Gasteiger partial charge in [-0.25, -0.2) is 17.9 Å². The molecule has 2 N–H and O–H groups in total. The first-order chi connectivity index (χ1) is 13.6. The van der Waals surface area contributed by atoms with Gasteiger partial charge in [-0.2, -0.15) is 18.2 Å². The van der Waals surface area contributed by atoms with Gasteiger partial charge in [-0.15, -0.1) is 27.7 Å². The number of benzene rings is 1. The van der Waals surface area contributed by atoms with Crippen LogP contribution in [-0.4, -0.2) is 35.6 Å². The first kappa shape index (κ1) is 22.0. The Morgan fingerprint density at radius 3 is 2.37 bits per heavy atom. The zero-order valence-electron chi connectivity index (χ0n) is 15.0. The number of fused-ring (bicyclic) bond motifs is 3. The van der Waals surface area contributed by atoms with Crippen LogP contribution in [0.15, 0.2) is 12.1 Å². The molecule has 2 aromatic heterocycles. The molecule has 0 bridgehead atoms. The van der Waals surface area contributed by atoms with E-state index in [1.165, 1.54) is 0 Å². The molecule has 0 unspecified atom stereocenters. The minimum atomic E-state index is -4.69. The fourth-order valence-corrected chi connectivity index (χ4v) is 3.17. The van der Waals surface area contributed by atoms with Crippen molar-refractivity contribution >= 4 is 12.4 Å². The molecule has 0 fully saturated rings. The third-order valence-electron chi connectivity index (χ3n) is 4.50. The van der Waals surface area contributed by atoms with Gasteiger partial charge in [0, 0.05) is 25.1 Å². The van der Waals surface area contributed by atoms with Crippen molar-refractivity contribution in [2.75, 3.05) is 0 Å². The molecule has 14 heteroatoms. The molecule has 7 nitrogen and oxygen atoms in total. The van der Waals surface area contributed by atoms with Gasteiger partial charge >= 0.3 is 6.18 Å². The van der Waals surface area contributed by atoms with Crippen LogP contribution in [0.1, 0.15) is 17.2 Å². The Morgan fingerprint density at radius 2 is 1.67 bits per heavy atom. The van der Waals surface area contributed by atoms with E-state index in [1.54, 1.807) is 4.57 Å². The number of hydrogen-bond acceptors (Lipinski definition) is 5. The third-order valence-corrected chi connectivity index (χ3v) is 4.50. The molecule has 4 rings (SSSR count). The highest BCUT2D eigenvalue weighted by atomic mass is 35.5. The number of halogens is 7.